The molecule has 0 heterocycles. The number of benzene rings is 1. The number of hydrogen-bond acceptors (Lipinski definition) is 8. The fraction of sp³-hybridized carbons (Fsp3) is 0.536. The van der Waals surface area contributed by atoms with E-state index in [1.54, 1.807) is 14.1 Å². The molecule has 0 aliphatic heterocycles. The monoisotopic (exact) mass is 512 g/mol. The average molecular weight is 513 g/mol. The van der Waals surface area contributed by atoms with Crippen LogP contribution in [0.25, 0.3) is 5.76 Å². The molecule has 1 aromatic rings. The molecule has 1 amide bonds. The summed E-state index contributed by atoms with van der Waals surface area (Å²) < 4.78 is 0. The number of amides is 1. The zero-order valence-corrected chi connectivity index (χ0v) is 22.0. The fourth-order valence-corrected chi connectivity index (χ4v) is 6.35. The van der Waals surface area contributed by atoms with Gasteiger partial charge in [-0.3, -0.25) is 19.3 Å². The highest BCUT2D eigenvalue weighted by atomic mass is 16.3. The lowest BCUT2D eigenvalue weighted by Crippen LogP contribution is -2.65. The van der Waals surface area contributed by atoms with Crippen LogP contribution in [0.5, 0.6) is 5.75 Å². The van der Waals surface area contributed by atoms with E-state index in [9.17, 15) is 34.8 Å². The third kappa shape index (κ3) is 4.14. The lowest BCUT2D eigenvalue weighted by molar-refractivity contribution is -0.153. The van der Waals surface area contributed by atoms with Crippen molar-refractivity contribution in [2.75, 3.05) is 14.1 Å². The first kappa shape index (κ1) is 26.9. The van der Waals surface area contributed by atoms with Crippen LogP contribution in [-0.4, -0.2) is 68.5 Å². The molecular formula is C28H36N2O7. The van der Waals surface area contributed by atoms with Gasteiger partial charge in [0.2, 0.25) is 5.78 Å². The van der Waals surface area contributed by atoms with Crippen LogP contribution < -0.4 is 5.73 Å². The third-order valence-electron chi connectivity index (χ3n) is 8.07. The van der Waals surface area contributed by atoms with Crippen LogP contribution in [0, 0.1) is 17.3 Å². The number of nitrogens with zero attached hydrogens (tertiary/aromatic N) is 1. The number of Topliss-reactive ketones (excluding diaryl/α,β-unsaturated/α-hetero) is 2. The van der Waals surface area contributed by atoms with Crippen molar-refractivity contribution >= 4 is 23.2 Å². The second kappa shape index (κ2) is 8.99. The van der Waals surface area contributed by atoms with E-state index < -0.39 is 58.0 Å². The Morgan fingerprint density at radius 2 is 1.81 bits per heavy atom. The Bertz CT molecular complexity index is 1250. The molecule has 9 heteroatoms. The smallest absolute Gasteiger partial charge is 0.255 e. The van der Waals surface area contributed by atoms with Crippen LogP contribution in [0.4, 0.5) is 0 Å². The van der Waals surface area contributed by atoms with Crippen LogP contribution in [0.2, 0.25) is 0 Å². The summed E-state index contributed by atoms with van der Waals surface area (Å²) in [6, 6.07) is 2.22. The molecule has 1 saturated carbocycles. The van der Waals surface area contributed by atoms with Crippen molar-refractivity contribution < 1.29 is 34.8 Å². The van der Waals surface area contributed by atoms with E-state index in [-0.39, 0.29) is 28.7 Å². The fourth-order valence-electron chi connectivity index (χ4n) is 6.35. The summed E-state index contributed by atoms with van der Waals surface area (Å²) in [6.07, 6.45) is 3.00. The first-order chi connectivity index (χ1) is 17.1. The second-order valence-electron chi connectivity index (χ2n) is 12.0. The van der Waals surface area contributed by atoms with Crippen molar-refractivity contribution in [3.8, 4) is 5.75 Å². The number of nitrogens with two attached hydrogens (primary N) is 1. The maximum absolute atomic E-state index is 13.8. The van der Waals surface area contributed by atoms with Gasteiger partial charge in [0.1, 0.15) is 22.8 Å². The van der Waals surface area contributed by atoms with Gasteiger partial charge in [-0.15, -0.1) is 0 Å². The molecular weight excluding hydrogens is 476 g/mol. The molecule has 9 nitrogen and oxygen atoms in total. The molecule has 200 valence electrons. The number of aliphatic hydroxyl groups excluding tert-OH is 2. The van der Waals surface area contributed by atoms with Gasteiger partial charge < -0.3 is 26.2 Å². The van der Waals surface area contributed by atoms with E-state index in [1.165, 1.54) is 11.0 Å². The number of aryl methyl sites for hydroxylation is 1. The van der Waals surface area contributed by atoms with Gasteiger partial charge in [0, 0.05) is 11.5 Å². The molecule has 4 atom stereocenters. The molecule has 1 aromatic carbocycles. The first-order valence-corrected chi connectivity index (χ1v) is 12.6. The number of primary amides is 1. The minimum atomic E-state index is -2.62. The van der Waals surface area contributed by atoms with Gasteiger partial charge in [0.25, 0.3) is 5.91 Å². The Hall–Kier alpha value is -3.17. The second-order valence-corrected chi connectivity index (χ2v) is 12.0. The number of hydrogen-bond donors (Lipinski definition) is 5. The molecule has 37 heavy (non-hydrogen) atoms. The molecule has 0 saturated heterocycles. The molecule has 1 fully saturated rings. The lowest BCUT2D eigenvalue weighted by atomic mass is 9.57. The highest BCUT2D eigenvalue weighted by Crippen LogP contribution is 2.53. The molecule has 3 aliphatic carbocycles. The number of ketones is 2. The van der Waals surface area contributed by atoms with Crippen LogP contribution >= 0.6 is 0 Å². The lowest BCUT2D eigenvalue weighted by Gasteiger charge is -2.50. The molecule has 6 N–H and O–H groups in total. The predicted octanol–water partition coefficient (Wildman–Crippen LogP) is 2.33. The van der Waals surface area contributed by atoms with E-state index in [1.807, 2.05) is 6.07 Å². The normalized spacial score (nSPS) is 27.8. The van der Waals surface area contributed by atoms with Crippen molar-refractivity contribution in [2.45, 2.75) is 64.5 Å². The predicted molar refractivity (Wildman–Crippen MR) is 137 cm³/mol. The molecule has 0 bridgehead atoms. The number of carbonyl (C=O) groups is 3. The Morgan fingerprint density at radius 1 is 1.16 bits per heavy atom. The summed E-state index contributed by atoms with van der Waals surface area (Å²) in [5.74, 6) is -6.37. The topological polar surface area (TPSA) is 161 Å². The molecule has 0 aromatic heterocycles. The van der Waals surface area contributed by atoms with E-state index >= 15 is 0 Å². The van der Waals surface area contributed by atoms with Gasteiger partial charge in [-0.25, -0.2) is 0 Å². The SMILES string of the molecule is CN(C)C1C(=O)C(C(N)=O)=C(O)[C@@]2(O)C(=O)C3=C(O)c4c(O)ccc(CCCC(C)(C)C)c4C[C@H]3C[C@@H]12. The summed E-state index contributed by atoms with van der Waals surface area (Å²) in [5.41, 5.74) is 3.77. The molecule has 0 radical (unpaired) electrons. The highest BCUT2D eigenvalue weighted by Gasteiger charge is 2.64. The quantitative estimate of drug-likeness (QED) is 0.376. The third-order valence-corrected chi connectivity index (χ3v) is 8.07. The van der Waals surface area contributed by atoms with Crippen molar-refractivity contribution in [1.82, 2.24) is 4.90 Å². The summed E-state index contributed by atoms with van der Waals surface area (Å²) in [5, 5.41) is 44.5. The Kier molecular flexibility index (Phi) is 6.53. The average Bonchev–Trinajstić information content (AvgIpc) is 2.76. The maximum atomic E-state index is 13.8. The molecule has 4 rings (SSSR count). The number of phenolic OH excluding ortho intramolecular Hbond substituents is 1. The van der Waals surface area contributed by atoms with Gasteiger partial charge in [-0.05, 0) is 74.7 Å². The van der Waals surface area contributed by atoms with Crippen molar-refractivity contribution in [1.29, 1.82) is 0 Å². The zero-order valence-electron chi connectivity index (χ0n) is 22.0. The van der Waals surface area contributed by atoms with Gasteiger partial charge in [-0.2, -0.15) is 0 Å². The summed E-state index contributed by atoms with van der Waals surface area (Å²) in [6.45, 7) is 6.49. The van der Waals surface area contributed by atoms with Crippen LogP contribution in [-0.2, 0) is 27.2 Å². The van der Waals surface area contributed by atoms with Gasteiger partial charge in [0.05, 0.1) is 11.6 Å². The number of aromatic hydroxyl groups is 1. The summed E-state index contributed by atoms with van der Waals surface area (Å²) in [7, 11) is 3.16. The van der Waals surface area contributed by atoms with E-state index in [2.05, 4.69) is 20.8 Å². The number of aliphatic hydroxyl groups is 3. The van der Waals surface area contributed by atoms with Crippen LogP contribution in [0.1, 0.15) is 56.7 Å². The van der Waals surface area contributed by atoms with E-state index in [0.29, 0.717) is 6.42 Å². The minimum absolute atomic E-state index is 0.0862. The Balaban J connectivity index is 1.86. The van der Waals surface area contributed by atoms with E-state index in [0.717, 1.165) is 30.4 Å². The number of carbonyl (C=O) groups excluding carboxylic acids is 3. The maximum Gasteiger partial charge on any atom is 0.255 e. The van der Waals surface area contributed by atoms with Crippen molar-refractivity contribution in [3.05, 3.63) is 45.7 Å². The largest absolute Gasteiger partial charge is 0.508 e. The van der Waals surface area contributed by atoms with Gasteiger partial charge >= 0.3 is 0 Å². The number of rotatable bonds is 5. The molecule has 1 unspecified atom stereocenters. The summed E-state index contributed by atoms with van der Waals surface area (Å²) >= 11 is 0. The highest BCUT2D eigenvalue weighted by molar-refractivity contribution is 6.24. The number of likely N-dealkylation sites (N-methyl/N-ethyl adjacent to an activating group) is 1. The number of fused-ring (bicyclic) bond motifs is 3. The van der Waals surface area contributed by atoms with Crippen LogP contribution in [0.3, 0.4) is 0 Å². The van der Waals surface area contributed by atoms with Crippen molar-refractivity contribution in [3.63, 3.8) is 0 Å². The van der Waals surface area contributed by atoms with Crippen LogP contribution in [0.15, 0.2) is 29.0 Å². The summed E-state index contributed by atoms with van der Waals surface area (Å²) in [4.78, 5) is 40.6. The number of phenols is 1. The van der Waals surface area contributed by atoms with Gasteiger partial charge in [-0.1, -0.05) is 26.8 Å². The first-order valence-electron chi connectivity index (χ1n) is 12.6. The Morgan fingerprint density at radius 3 is 2.38 bits per heavy atom. The molecule has 0 spiro atoms. The minimum Gasteiger partial charge on any atom is -0.508 e. The van der Waals surface area contributed by atoms with Gasteiger partial charge in [0.15, 0.2) is 11.4 Å². The Labute approximate surface area is 216 Å². The molecule has 3 aliphatic rings. The zero-order chi connectivity index (χ0) is 27.6. The standard InChI is InChI=1S/C28H36N2O7/c1-27(2,3)10-6-7-13-8-9-17(31)19-15(13)11-14-12-16-21(30(4)5)23(33)20(26(29)36)25(35)28(16,37)24(34)18(14)22(19)32/h8-9,14,16,21,31-32,35,37H,6-7,10-12H2,1-5H3,(H2,29,36)/t14-,16-,21?,28-/m0/s1. The van der Waals surface area contributed by atoms with Crippen molar-refractivity contribution in [2.24, 2.45) is 23.0 Å². The van der Waals surface area contributed by atoms with E-state index in [4.69, 9.17) is 5.73 Å².